The van der Waals surface area contributed by atoms with Crippen LogP contribution in [0, 0.1) is 0 Å². The quantitative estimate of drug-likeness (QED) is 0.740. The zero-order valence-corrected chi connectivity index (χ0v) is 11.6. The van der Waals surface area contributed by atoms with Gasteiger partial charge in [0.05, 0.1) is 6.54 Å². The number of amides is 1. The topological polar surface area (TPSA) is 38.8 Å². The molecule has 0 aliphatic carbocycles. The van der Waals surface area contributed by atoms with Crippen LogP contribution in [0.2, 0.25) is 0 Å². The molecule has 0 N–H and O–H groups in total. The standard InChI is InChI=1S/C15H21NO3/c1-3-18-15(19-4-2)11-16-13-8-6-5-7-12(13)9-10-14(16)17/h5-8,15H,3-4,9-11H2,1-2H3. The molecule has 0 fully saturated rings. The van der Waals surface area contributed by atoms with Crippen LogP contribution in [0.4, 0.5) is 5.69 Å². The first kappa shape index (κ1) is 14.0. The summed E-state index contributed by atoms with van der Waals surface area (Å²) in [6, 6.07) is 8.03. The molecule has 0 bridgehead atoms. The lowest BCUT2D eigenvalue weighted by atomic mass is 10.0. The number of aryl methyl sites for hydroxylation is 1. The highest BCUT2D eigenvalue weighted by atomic mass is 16.7. The van der Waals surface area contributed by atoms with Crippen molar-refractivity contribution in [2.75, 3.05) is 24.7 Å². The molecule has 0 spiro atoms. The molecule has 104 valence electrons. The summed E-state index contributed by atoms with van der Waals surface area (Å²) < 4.78 is 11.1. The van der Waals surface area contributed by atoms with Crippen LogP contribution in [-0.4, -0.2) is 32.0 Å². The van der Waals surface area contributed by atoms with E-state index in [1.807, 2.05) is 32.0 Å². The van der Waals surface area contributed by atoms with Gasteiger partial charge in [-0.2, -0.15) is 0 Å². The summed E-state index contributed by atoms with van der Waals surface area (Å²) in [6.45, 7) is 5.47. The second-order valence-corrected chi connectivity index (χ2v) is 4.47. The first-order chi connectivity index (χ1) is 9.26. The minimum atomic E-state index is -0.356. The second kappa shape index (κ2) is 6.68. The Hall–Kier alpha value is -1.39. The van der Waals surface area contributed by atoms with E-state index < -0.39 is 0 Å². The number of hydrogen-bond acceptors (Lipinski definition) is 3. The van der Waals surface area contributed by atoms with Crippen molar-refractivity contribution in [1.82, 2.24) is 0 Å². The number of nitrogens with zero attached hydrogens (tertiary/aromatic N) is 1. The normalized spacial score (nSPS) is 14.9. The van der Waals surface area contributed by atoms with Crippen molar-refractivity contribution in [2.24, 2.45) is 0 Å². The van der Waals surface area contributed by atoms with Crippen molar-refractivity contribution in [3.8, 4) is 0 Å². The van der Waals surface area contributed by atoms with Crippen molar-refractivity contribution < 1.29 is 14.3 Å². The summed E-state index contributed by atoms with van der Waals surface area (Å²) in [4.78, 5) is 13.9. The Bertz CT molecular complexity index is 427. The van der Waals surface area contributed by atoms with Crippen molar-refractivity contribution in [2.45, 2.75) is 33.0 Å². The van der Waals surface area contributed by atoms with Crippen LogP contribution < -0.4 is 4.90 Å². The van der Waals surface area contributed by atoms with Gasteiger partial charge in [-0.3, -0.25) is 4.79 Å². The molecule has 1 heterocycles. The molecule has 0 saturated heterocycles. The number of para-hydroxylation sites is 1. The number of carbonyl (C=O) groups is 1. The molecule has 1 aromatic rings. The van der Waals surface area contributed by atoms with E-state index in [4.69, 9.17) is 9.47 Å². The molecule has 1 aliphatic heterocycles. The number of carbonyl (C=O) groups excluding carboxylic acids is 1. The SMILES string of the molecule is CCOC(CN1C(=O)CCc2ccccc21)OCC. The minimum Gasteiger partial charge on any atom is -0.351 e. The Labute approximate surface area is 114 Å². The smallest absolute Gasteiger partial charge is 0.227 e. The van der Waals surface area contributed by atoms with Gasteiger partial charge in [0.2, 0.25) is 5.91 Å². The molecule has 4 heteroatoms. The Kier molecular flexibility index (Phi) is 4.93. The molecule has 0 unspecified atom stereocenters. The van der Waals surface area contributed by atoms with Crippen LogP contribution in [-0.2, 0) is 20.7 Å². The highest BCUT2D eigenvalue weighted by Gasteiger charge is 2.26. The maximum atomic E-state index is 12.1. The summed E-state index contributed by atoms with van der Waals surface area (Å²) in [5, 5.41) is 0. The monoisotopic (exact) mass is 263 g/mol. The van der Waals surface area contributed by atoms with E-state index in [1.54, 1.807) is 4.90 Å². The number of ether oxygens (including phenoxy) is 2. The molecule has 2 rings (SSSR count). The molecule has 1 aliphatic rings. The van der Waals surface area contributed by atoms with Crippen molar-refractivity contribution in [3.63, 3.8) is 0 Å². The Balaban J connectivity index is 2.15. The molecule has 1 aromatic carbocycles. The highest BCUT2D eigenvalue weighted by Crippen LogP contribution is 2.27. The minimum absolute atomic E-state index is 0.142. The molecule has 0 saturated carbocycles. The van der Waals surface area contributed by atoms with Crippen LogP contribution in [0.3, 0.4) is 0 Å². The third-order valence-corrected chi connectivity index (χ3v) is 3.23. The van der Waals surface area contributed by atoms with Gasteiger partial charge in [-0.15, -0.1) is 0 Å². The lowest BCUT2D eigenvalue weighted by molar-refractivity contribution is -0.136. The van der Waals surface area contributed by atoms with Crippen LogP contribution in [0.25, 0.3) is 0 Å². The van der Waals surface area contributed by atoms with Gasteiger partial charge in [0, 0.05) is 25.3 Å². The first-order valence-electron chi connectivity index (χ1n) is 6.87. The van der Waals surface area contributed by atoms with Crippen molar-refractivity contribution >= 4 is 11.6 Å². The maximum Gasteiger partial charge on any atom is 0.227 e. The van der Waals surface area contributed by atoms with E-state index in [9.17, 15) is 4.79 Å². The van der Waals surface area contributed by atoms with Crippen LogP contribution in [0.15, 0.2) is 24.3 Å². The van der Waals surface area contributed by atoms with Crippen LogP contribution in [0.1, 0.15) is 25.8 Å². The fraction of sp³-hybridized carbons (Fsp3) is 0.533. The maximum absolute atomic E-state index is 12.1. The van der Waals surface area contributed by atoms with Crippen molar-refractivity contribution in [1.29, 1.82) is 0 Å². The Morgan fingerprint density at radius 1 is 1.16 bits per heavy atom. The first-order valence-corrected chi connectivity index (χ1v) is 6.87. The van der Waals surface area contributed by atoms with Gasteiger partial charge in [0.1, 0.15) is 0 Å². The lowest BCUT2D eigenvalue weighted by Crippen LogP contribution is -2.42. The van der Waals surface area contributed by atoms with E-state index in [0.717, 1.165) is 12.1 Å². The zero-order chi connectivity index (χ0) is 13.7. The largest absolute Gasteiger partial charge is 0.351 e. The number of hydrogen-bond donors (Lipinski definition) is 0. The van der Waals surface area contributed by atoms with E-state index >= 15 is 0 Å². The van der Waals surface area contributed by atoms with Crippen LogP contribution in [0.5, 0.6) is 0 Å². The third kappa shape index (κ3) is 3.33. The number of benzene rings is 1. The predicted molar refractivity (Wildman–Crippen MR) is 74.2 cm³/mol. The fourth-order valence-corrected chi connectivity index (χ4v) is 2.37. The summed E-state index contributed by atoms with van der Waals surface area (Å²) in [5.41, 5.74) is 2.21. The second-order valence-electron chi connectivity index (χ2n) is 4.47. The van der Waals surface area contributed by atoms with E-state index in [0.29, 0.717) is 26.2 Å². The molecule has 19 heavy (non-hydrogen) atoms. The highest BCUT2D eigenvalue weighted by molar-refractivity contribution is 5.96. The van der Waals surface area contributed by atoms with E-state index in [-0.39, 0.29) is 12.2 Å². The summed E-state index contributed by atoms with van der Waals surface area (Å²) in [6.07, 6.45) is 1.02. The Morgan fingerprint density at radius 2 is 1.84 bits per heavy atom. The number of rotatable bonds is 6. The van der Waals surface area contributed by atoms with Gasteiger partial charge < -0.3 is 14.4 Å². The Morgan fingerprint density at radius 3 is 2.53 bits per heavy atom. The molecular weight excluding hydrogens is 242 g/mol. The van der Waals surface area contributed by atoms with E-state index in [1.165, 1.54) is 5.56 Å². The summed E-state index contributed by atoms with van der Waals surface area (Å²) in [5.74, 6) is 0.142. The molecule has 1 amide bonds. The fourth-order valence-electron chi connectivity index (χ4n) is 2.37. The van der Waals surface area contributed by atoms with Gasteiger partial charge >= 0.3 is 0 Å². The lowest BCUT2D eigenvalue weighted by Gasteiger charge is -2.32. The predicted octanol–water partition coefficient (Wildman–Crippen LogP) is 2.36. The summed E-state index contributed by atoms with van der Waals surface area (Å²) in [7, 11) is 0. The van der Waals surface area contributed by atoms with Gasteiger partial charge in [-0.25, -0.2) is 0 Å². The van der Waals surface area contributed by atoms with E-state index in [2.05, 4.69) is 6.07 Å². The summed E-state index contributed by atoms with van der Waals surface area (Å²) >= 11 is 0. The zero-order valence-electron chi connectivity index (χ0n) is 11.6. The molecule has 0 aromatic heterocycles. The van der Waals surface area contributed by atoms with Gasteiger partial charge in [-0.1, -0.05) is 18.2 Å². The number of anilines is 1. The van der Waals surface area contributed by atoms with Gasteiger partial charge in [-0.05, 0) is 31.9 Å². The number of fused-ring (bicyclic) bond motifs is 1. The molecule has 4 nitrogen and oxygen atoms in total. The van der Waals surface area contributed by atoms with Gasteiger partial charge in [0.25, 0.3) is 0 Å². The van der Waals surface area contributed by atoms with Crippen molar-refractivity contribution in [3.05, 3.63) is 29.8 Å². The molecule has 0 atom stereocenters. The van der Waals surface area contributed by atoms with Crippen LogP contribution >= 0.6 is 0 Å². The average Bonchev–Trinajstić information content (AvgIpc) is 2.42. The third-order valence-electron chi connectivity index (χ3n) is 3.23. The van der Waals surface area contributed by atoms with Gasteiger partial charge in [0.15, 0.2) is 6.29 Å². The average molecular weight is 263 g/mol. The molecule has 0 radical (unpaired) electrons. The molecular formula is C15H21NO3.